The van der Waals surface area contributed by atoms with Crippen LogP contribution in [0.5, 0.6) is 0 Å². The number of hydrogen-bond donors (Lipinski definition) is 1. The molecule has 0 aliphatic heterocycles. The van der Waals surface area contributed by atoms with E-state index >= 15 is 0 Å². The van der Waals surface area contributed by atoms with Crippen LogP contribution in [0, 0.1) is 0 Å². The number of hydrogen-bond acceptors (Lipinski definition) is 3. The fourth-order valence-electron chi connectivity index (χ4n) is 1.83. The smallest absolute Gasteiger partial charge is 0.0949 e. The summed E-state index contributed by atoms with van der Waals surface area (Å²) in [6, 6.07) is 10.8. The predicted molar refractivity (Wildman–Crippen MR) is 84.0 cm³/mol. The second kappa shape index (κ2) is 8.40. The van der Waals surface area contributed by atoms with Crippen molar-refractivity contribution < 1.29 is 9.47 Å². The quantitative estimate of drug-likeness (QED) is 0.750. The van der Waals surface area contributed by atoms with E-state index in [1.54, 1.807) is 7.11 Å². The molecule has 3 heteroatoms. The first-order valence-corrected chi connectivity index (χ1v) is 7.39. The van der Waals surface area contributed by atoms with Crippen molar-refractivity contribution in [3.05, 3.63) is 35.9 Å². The standard InChI is InChI=1S/C17H29NO2/c1-14(2)18-13-16(15-9-7-6-8-10-15)20-12-11-17(3,4)19-5/h6-10,14,16,18H,11-13H2,1-5H3. The first-order valence-electron chi connectivity index (χ1n) is 7.39. The zero-order valence-electron chi connectivity index (χ0n) is 13.5. The van der Waals surface area contributed by atoms with Gasteiger partial charge in [0.05, 0.1) is 18.3 Å². The van der Waals surface area contributed by atoms with Crippen LogP contribution in [0.15, 0.2) is 30.3 Å². The molecule has 0 amide bonds. The number of methoxy groups -OCH3 is 1. The molecule has 1 rings (SSSR count). The van der Waals surface area contributed by atoms with Crippen molar-refractivity contribution in [2.24, 2.45) is 0 Å². The molecule has 0 aromatic heterocycles. The van der Waals surface area contributed by atoms with E-state index in [2.05, 4.69) is 57.3 Å². The maximum Gasteiger partial charge on any atom is 0.0949 e. The number of benzene rings is 1. The molecule has 0 fully saturated rings. The van der Waals surface area contributed by atoms with Crippen LogP contribution in [0.4, 0.5) is 0 Å². The van der Waals surface area contributed by atoms with Crippen molar-refractivity contribution in [1.29, 1.82) is 0 Å². The summed E-state index contributed by atoms with van der Waals surface area (Å²) in [6.07, 6.45) is 0.973. The molecule has 0 aliphatic carbocycles. The molecule has 1 aromatic rings. The van der Waals surface area contributed by atoms with Gasteiger partial charge >= 0.3 is 0 Å². The minimum atomic E-state index is -0.132. The zero-order valence-corrected chi connectivity index (χ0v) is 13.5. The molecule has 20 heavy (non-hydrogen) atoms. The average molecular weight is 279 g/mol. The summed E-state index contributed by atoms with van der Waals surface area (Å²) in [5, 5.41) is 3.45. The van der Waals surface area contributed by atoms with Gasteiger partial charge in [-0.1, -0.05) is 44.2 Å². The van der Waals surface area contributed by atoms with Crippen molar-refractivity contribution in [2.45, 2.75) is 51.9 Å². The highest BCUT2D eigenvalue weighted by Crippen LogP contribution is 2.19. The highest BCUT2D eigenvalue weighted by molar-refractivity contribution is 5.17. The third kappa shape index (κ3) is 6.51. The molecule has 1 unspecified atom stereocenters. The van der Waals surface area contributed by atoms with Gasteiger partial charge in [-0.2, -0.15) is 0 Å². The molecule has 1 N–H and O–H groups in total. The molecule has 114 valence electrons. The second-order valence-electron chi connectivity index (χ2n) is 6.05. The molecule has 3 nitrogen and oxygen atoms in total. The maximum absolute atomic E-state index is 6.07. The molecule has 0 radical (unpaired) electrons. The molecular formula is C17H29NO2. The highest BCUT2D eigenvalue weighted by Gasteiger charge is 2.18. The van der Waals surface area contributed by atoms with E-state index in [1.807, 2.05) is 6.07 Å². The lowest BCUT2D eigenvalue weighted by atomic mass is 10.1. The summed E-state index contributed by atoms with van der Waals surface area (Å²) >= 11 is 0. The van der Waals surface area contributed by atoms with E-state index in [-0.39, 0.29) is 11.7 Å². The fourth-order valence-corrected chi connectivity index (χ4v) is 1.83. The van der Waals surface area contributed by atoms with E-state index in [1.165, 1.54) is 5.56 Å². The van der Waals surface area contributed by atoms with Gasteiger partial charge < -0.3 is 14.8 Å². The normalized spacial score (nSPS) is 13.7. The van der Waals surface area contributed by atoms with E-state index in [0.29, 0.717) is 12.6 Å². The molecule has 0 spiro atoms. The van der Waals surface area contributed by atoms with Gasteiger partial charge in [0.25, 0.3) is 0 Å². The summed E-state index contributed by atoms with van der Waals surface area (Å²) < 4.78 is 11.5. The minimum absolute atomic E-state index is 0.0891. The topological polar surface area (TPSA) is 30.5 Å². The Bertz CT molecular complexity index is 363. The van der Waals surface area contributed by atoms with Gasteiger partial charge in [0.15, 0.2) is 0 Å². The Balaban J connectivity index is 2.55. The molecule has 0 aliphatic rings. The van der Waals surface area contributed by atoms with E-state index < -0.39 is 0 Å². The van der Waals surface area contributed by atoms with Gasteiger partial charge in [-0.05, 0) is 25.8 Å². The van der Waals surface area contributed by atoms with Crippen LogP contribution >= 0.6 is 0 Å². The Labute approximate surface area is 123 Å². The molecule has 1 atom stereocenters. The summed E-state index contributed by atoms with van der Waals surface area (Å²) in [5.74, 6) is 0. The first-order chi connectivity index (χ1) is 9.44. The van der Waals surface area contributed by atoms with Crippen molar-refractivity contribution in [2.75, 3.05) is 20.3 Å². The van der Waals surface area contributed by atoms with Crippen molar-refractivity contribution >= 4 is 0 Å². The van der Waals surface area contributed by atoms with Crippen LogP contribution in [-0.2, 0) is 9.47 Å². The Morgan fingerprint density at radius 2 is 1.80 bits per heavy atom. The summed E-state index contributed by atoms with van der Waals surface area (Å²) in [7, 11) is 1.75. The first kappa shape index (κ1) is 17.2. The third-order valence-corrected chi connectivity index (χ3v) is 3.46. The lowest BCUT2D eigenvalue weighted by molar-refractivity contribution is -0.0275. The van der Waals surface area contributed by atoms with Crippen molar-refractivity contribution in [1.82, 2.24) is 5.32 Å². The highest BCUT2D eigenvalue weighted by atomic mass is 16.5. The minimum Gasteiger partial charge on any atom is -0.379 e. The van der Waals surface area contributed by atoms with Gasteiger partial charge in [-0.15, -0.1) is 0 Å². The van der Waals surface area contributed by atoms with Crippen LogP contribution in [0.25, 0.3) is 0 Å². The van der Waals surface area contributed by atoms with Crippen LogP contribution in [0.1, 0.15) is 45.8 Å². The van der Waals surface area contributed by atoms with E-state index in [9.17, 15) is 0 Å². The molecule has 1 aromatic carbocycles. The molecule has 0 heterocycles. The number of nitrogens with one attached hydrogen (secondary N) is 1. The Morgan fingerprint density at radius 3 is 2.35 bits per heavy atom. The largest absolute Gasteiger partial charge is 0.379 e. The van der Waals surface area contributed by atoms with Crippen LogP contribution in [0.2, 0.25) is 0 Å². The van der Waals surface area contributed by atoms with Gasteiger partial charge in [-0.25, -0.2) is 0 Å². The SMILES string of the molecule is COC(C)(C)CCOC(CNC(C)C)c1ccccc1. The third-order valence-electron chi connectivity index (χ3n) is 3.46. The Kier molecular flexibility index (Phi) is 7.20. The zero-order chi connectivity index (χ0) is 15.0. The average Bonchev–Trinajstić information content (AvgIpc) is 2.43. The maximum atomic E-state index is 6.07. The van der Waals surface area contributed by atoms with Gasteiger partial charge in [-0.3, -0.25) is 0 Å². The molecular weight excluding hydrogens is 250 g/mol. The van der Waals surface area contributed by atoms with E-state index in [4.69, 9.17) is 9.47 Å². The van der Waals surface area contributed by atoms with Crippen LogP contribution < -0.4 is 5.32 Å². The van der Waals surface area contributed by atoms with E-state index in [0.717, 1.165) is 13.0 Å². The molecule has 0 saturated heterocycles. The predicted octanol–water partition coefficient (Wildman–Crippen LogP) is 3.56. The summed E-state index contributed by atoms with van der Waals surface area (Å²) in [6.45, 7) is 9.99. The van der Waals surface area contributed by atoms with Crippen LogP contribution in [0.3, 0.4) is 0 Å². The Morgan fingerprint density at radius 1 is 1.15 bits per heavy atom. The van der Waals surface area contributed by atoms with Gasteiger partial charge in [0, 0.05) is 19.7 Å². The monoisotopic (exact) mass is 279 g/mol. The summed E-state index contributed by atoms with van der Waals surface area (Å²) in [4.78, 5) is 0. The lowest BCUT2D eigenvalue weighted by Gasteiger charge is -2.25. The number of ether oxygens (including phenoxy) is 2. The summed E-state index contributed by atoms with van der Waals surface area (Å²) in [5.41, 5.74) is 1.09. The van der Waals surface area contributed by atoms with Crippen LogP contribution in [-0.4, -0.2) is 31.9 Å². The van der Waals surface area contributed by atoms with Crippen molar-refractivity contribution in [3.63, 3.8) is 0 Å². The van der Waals surface area contributed by atoms with Gasteiger partial charge in [0.1, 0.15) is 0 Å². The lowest BCUT2D eigenvalue weighted by Crippen LogP contribution is -2.30. The molecule has 0 saturated carbocycles. The second-order valence-corrected chi connectivity index (χ2v) is 6.05. The Hall–Kier alpha value is -0.900. The fraction of sp³-hybridized carbons (Fsp3) is 0.647. The van der Waals surface area contributed by atoms with Crippen molar-refractivity contribution in [3.8, 4) is 0 Å². The van der Waals surface area contributed by atoms with Gasteiger partial charge in [0.2, 0.25) is 0 Å². The molecule has 0 bridgehead atoms. The number of rotatable bonds is 9.